The van der Waals surface area contributed by atoms with Gasteiger partial charge >= 0.3 is 0 Å². The molecule has 2 rings (SSSR count). The molecule has 1 atom stereocenters. The molecule has 0 unspecified atom stereocenters. The quantitative estimate of drug-likeness (QED) is 0.756. The van der Waals surface area contributed by atoms with E-state index in [1.54, 1.807) is 18.0 Å². The Morgan fingerprint density at radius 1 is 1.56 bits per heavy atom. The molecule has 0 radical (unpaired) electrons. The van der Waals surface area contributed by atoms with Crippen molar-refractivity contribution in [1.82, 2.24) is 9.88 Å². The van der Waals surface area contributed by atoms with E-state index in [1.807, 2.05) is 19.1 Å². The number of nitrogens with zero attached hydrogens (tertiary/aromatic N) is 2. The number of hydrogen-bond acceptors (Lipinski definition) is 3. The molecule has 1 aliphatic rings. The minimum Gasteiger partial charge on any atom is -0.472 e. The highest BCUT2D eigenvalue weighted by Crippen LogP contribution is 2.16. The number of aromatic nitrogens is 1. The SMILES string of the molecule is CC(=O)N1CC[C@@H](Oc2ccc(C)cn2)C1. The van der Waals surface area contributed by atoms with E-state index >= 15 is 0 Å². The summed E-state index contributed by atoms with van der Waals surface area (Å²) in [6.07, 6.45) is 2.75. The number of likely N-dealkylation sites (tertiary alicyclic amines) is 1. The van der Waals surface area contributed by atoms with Crippen LogP contribution in [0.5, 0.6) is 5.88 Å². The number of amides is 1. The summed E-state index contributed by atoms with van der Waals surface area (Å²) >= 11 is 0. The van der Waals surface area contributed by atoms with Crippen molar-refractivity contribution < 1.29 is 9.53 Å². The van der Waals surface area contributed by atoms with E-state index in [0.717, 1.165) is 18.5 Å². The summed E-state index contributed by atoms with van der Waals surface area (Å²) in [7, 11) is 0. The van der Waals surface area contributed by atoms with Crippen LogP contribution in [0.25, 0.3) is 0 Å². The second kappa shape index (κ2) is 4.51. The third-order valence-electron chi connectivity index (χ3n) is 2.76. The summed E-state index contributed by atoms with van der Waals surface area (Å²) in [5.74, 6) is 0.754. The van der Waals surface area contributed by atoms with Gasteiger partial charge in [-0.25, -0.2) is 4.98 Å². The minimum absolute atomic E-state index is 0.0825. The number of hydrogen-bond donors (Lipinski definition) is 0. The molecule has 1 amide bonds. The normalized spacial score (nSPS) is 19.9. The van der Waals surface area contributed by atoms with Gasteiger partial charge in [0.05, 0.1) is 6.54 Å². The lowest BCUT2D eigenvalue weighted by atomic mass is 10.3. The lowest BCUT2D eigenvalue weighted by Crippen LogP contribution is -2.28. The van der Waals surface area contributed by atoms with E-state index < -0.39 is 0 Å². The van der Waals surface area contributed by atoms with Gasteiger partial charge in [-0.2, -0.15) is 0 Å². The molecule has 2 heterocycles. The summed E-state index contributed by atoms with van der Waals surface area (Å²) in [4.78, 5) is 17.1. The van der Waals surface area contributed by atoms with E-state index in [-0.39, 0.29) is 12.0 Å². The Morgan fingerprint density at radius 3 is 2.94 bits per heavy atom. The molecule has 1 saturated heterocycles. The zero-order valence-electron chi connectivity index (χ0n) is 9.64. The molecule has 1 fully saturated rings. The minimum atomic E-state index is 0.0825. The third-order valence-corrected chi connectivity index (χ3v) is 2.76. The van der Waals surface area contributed by atoms with E-state index in [1.165, 1.54) is 0 Å². The molecule has 0 N–H and O–H groups in total. The standard InChI is InChI=1S/C12H16N2O2/c1-9-3-4-12(13-7-9)16-11-5-6-14(8-11)10(2)15/h3-4,7,11H,5-6,8H2,1-2H3/t11-/m1/s1. The number of carbonyl (C=O) groups is 1. The Morgan fingerprint density at radius 2 is 2.38 bits per heavy atom. The number of aryl methyl sites for hydroxylation is 1. The Labute approximate surface area is 95.2 Å². The average molecular weight is 220 g/mol. The molecule has 86 valence electrons. The van der Waals surface area contributed by atoms with Gasteiger partial charge in [0.2, 0.25) is 11.8 Å². The van der Waals surface area contributed by atoms with Crippen LogP contribution in [-0.4, -0.2) is 35.0 Å². The molecule has 0 aliphatic carbocycles. The summed E-state index contributed by atoms with van der Waals surface area (Å²) in [5.41, 5.74) is 1.11. The first-order chi connectivity index (χ1) is 7.65. The monoisotopic (exact) mass is 220 g/mol. The molecule has 0 saturated carbocycles. The maximum atomic E-state index is 11.1. The van der Waals surface area contributed by atoms with Crippen molar-refractivity contribution in [2.75, 3.05) is 13.1 Å². The molecule has 1 aromatic rings. The van der Waals surface area contributed by atoms with Crippen LogP contribution in [0.2, 0.25) is 0 Å². The van der Waals surface area contributed by atoms with E-state index in [0.29, 0.717) is 12.4 Å². The van der Waals surface area contributed by atoms with Crippen LogP contribution in [-0.2, 0) is 4.79 Å². The van der Waals surface area contributed by atoms with E-state index in [4.69, 9.17) is 4.74 Å². The van der Waals surface area contributed by atoms with Gasteiger partial charge in [0.25, 0.3) is 0 Å². The summed E-state index contributed by atoms with van der Waals surface area (Å²) in [6, 6.07) is 3.84. The van der Waals surface area contributed by atoms with Crippen LogP contribution in [0.15, 0.2) is 18.3 Å². The summed E-state index contributed by atoms with van der Waals surface area (Å²) in [6.45, 7) is 5.03. The van der Waals surface area contributed by atoms with Crippen molar-refractivity contribution in [2.45, 2.75) is 26.4 Å². The van der Waals surface area contributed by atoms with Crippen LogP contribution in [0.3, 0.4) is 0 Å². The van der Waals surface area contributed by atoms with Crippen molar-refractivity contribution in [2.24, 2.45) is 0 Å². The Kier molecular flexibility index (Phi) is 3.08. The van der Waals surface area contributed by atoms with E-state index in [2.05, 4.69) is 4.98 Å². The third kappa shape index (κ3) is 2.51. The second-order valence-electron chi connectivity index (χ2n) is 4.17. The smallest absolute Gasteiger partial charge is 0.219 e. The summed E-state index contributed by atoms with van der Waals surface area (Å²) < 4.78 is 5.71. The highest BCUT2D eigenvalue weighted by Gasteiger charge is 2.25. The molecule has 4 nitrogen and oxygen atoms in total. The summed E-state index contributed by atoms with van der Waals surface area (Å²) in [5, 5.41) is 0. The Bertz CT molecular complexity index is 375. The van der Waals surface area contributed by atoms with Crippen LogP contribution >= 0.6 is 0 Å². The lowest BCUT2D eigenvalue weighted by molar-refractivity contribution is -0.128. The maximum Gasteiger partial charge on any atom is 0.219 e. The molecular weight excluding hydrogens is 204 g/mol. The molecule has 0 aromatic carbocycles. The van der Waals surface area contributed by atoms with Crippen molar-refractivity contribution >= 4 is 5.91 Å². The number of rotatable bonds is 2. The zero-order chi connectivity index (χ0) is 11.5. The zero-order valence-corrected chi connectivity index (χ0v) is 9.64. The van der Waals surface area contributed by atoms with Gasteiger partial charge in [-0.1, -0.05) is 6.07 Å². The molecule has 1 aromatic heterocycles. The molecule has 16 heavy (non-hydrogen) atoms. The fraction of sp³-hybridized carbons (Fsp3) is 0.500. The highest BCUT2D eigenvalue weighted by molar-refractivity contribution is 5.73. The first kappa shape index (κ1) is 10.9. The van der Waals surface area contributed by atoms with Gasteiger partial charge in [0.15, 0.2) is 0 Å². The van der Waals surface area contributed by atoms with Crippen molar-refractivity contribution in [3.8, 4) is 5.88 Å². The van der Waals surface area contributed by atoms with Crippen LogP contribution < -0.4 is 4.74 Å². The number of pyridine rings is 1. The molecular formula is C12H16N2O2. The number of carbonyl (C=O) groups excluding carboxylic acids is 1. The lowest BCUT2D eigenvalue weighted by Gasteiger charge is -2.14. The maximum absolute atomic E-state index is 11.1. The fourth-order valence-electron chi connectivity index (χ4n) is 1.81. The van der Waals surface area contributed by atoms with Crippen molar-refractivity contribution in [1.29, 1.82) is 0 Å². The van der Waals surface area contributed by atoms with E-state index in [9.17, 15) is 4.79 Å². The van der Waals surface area contributed by atoms with Crippen LogP contribution in [0, 0.1) is 6.92 Å². The van der Waals surface area contributed by atoms with Crippen molar-refractivity contribution in [3.63, 3.8) is 0 Å². The Balaban J connectivity index is 1.92. The Hall–Kier alpha value is -1.58. The molecule has 0 spiro atoms. The topological polar surface area (TPSA) is 42.4 Å². The van der Waals surface area contributed by atoms with Crippen LogP contribution in [0.1, 0.15) is 18.9 Å². The fourth-order valence-corrected chi connectivity index (χ4v) is 1.81. The van der Waals surface area contributed by atoms with Gasteiger partial charge < -0.3 is 9.64 Å². The van der Waals surface area contributed by atoms with Gasteiger partial charge in [0, 0.05) is 32.2 Å². The predicted molar refractivity (Wildman–Crippen MR) is 60.3 cm³/mol. The first-order valence-electron chi connectivity index (χ1n) is 5.50. The molecule has 4 heteroatoms. The van der Waals surface area contributed by atoms with Gasteiger partial charge in [-0.15, -0.1) is 0 Å². The first-order valence-corrected chi connectivity index (χ1v) is 5.50. The number of ether oxygens (including phenoxy) is 1. The highest BCUT2D eigenvalue weighted by atomic mass is 16.5. The van der Waals surface area contributed by atoms with Crippen molar-refractivity contribution in [3.05, 3.63) is 23.9 Å². The largest absolute Gasteiger partial charge is 0.472 e. The van der Waals surface area contributed by atoms with Gasteiger partial charge in [-0.3, -0.25) is 4.79 Å². The van der Waals surface area contributed by atoms with Gasteiger partial charge in [-0.05, 0) is 12.5 Å². The molecule has 1 aliphatic heterocycles. The predicted octanol–water partition coefficient (Wildman–Crippen LogP) is 1.39. The van der Waals surface area contributed by atoms with Gasteiger partial charge in [0.1, 0.15) is 6.10 Å². The second-order valence-corrected chi connectivity index (χ2v) is 4.17. The van der Waals surface area contributed by atoms with Crippen LogP contribution in [0.4, 0.5) is 0 Å². The molecule has 0 bridgehead atoms. The average Bonchev–Trinajstić information content (AvgIpc) is 2.70.